The van der Waals surface area contributed by atoms with Gasteiger partial charge < -0.3 is 15.4 Å². The van der Waals surface area contributed by atoms with Gasteiger partial charge in [0.25, 0.3) is 0 Å². The summed E-state index contributed by atoms with van der Waals surface area (Å²) in [6.45, 7) is 7.93. The summed E-state index contributed by atoms with van der Waals surface area (Å²) in [4.78, 5) is 4.16. The summed E-state index contributed by atoms with van der Waals surface area (Å²) in [7, 11) is 1.79. The van der Waals surface area contributed by atoms with Crippen molar-refractivity contribution < 1.29 is 4.74 Å². The number of aliphatic imine (C=N–C) groups is 1. The topological polar surface area (TPSA) is 45.7 Å². The van der Waals surface area contributed by atoms with Crippen LogP contribution in [-0.2, 0) is 0 Å². The molecule has 2 N–H and O–H groups in total. The van der Waals surface area contributed by atoms with Crippen molar-refractivity contribution in [3.05, 3.63) is 29.8 Å². The van der Waals surface area contributed by atoms with Crippen molar-refractivity contribution in [2.24, 2.45) is 4.99 Å². The Morgan fingerprint density at radius 3 is 2.50 bits per heavy atom. The number of hydrogen-bond donors (Lipinski definition) is 2. The Hall–Kier alpha value is -1.71. The highest BCUT2D eigenvalue weighted by Gasteiger charge is 1.99. The lowest BCUT2D eigenvalue weighted by Crippen LogP contribution is -2.41. The van der Waals surface area contributed by atoms with Crippen molar-refractivity contribution in [2.45, 2.75) is 39.7 Å². The Morgan fingerprint density at radius 1 is 1.20 bits per heavy atom. The van der Waals surface area contributed by atoms with E-state index in [4.69, 9.17) is 4.74 Å². The largest absolute Gasteiger partial charge is 0.494 e. The van der Waals surface area contributed by atoms with E-state index in [2.05, 4.69) is 48.5 Å². The molecule has 1 rings (SSSR count). The number of nitrogens with one attached hydrogen (secondary N) is 2. The van der Waals surface area contributed by atoms with E-state index < -0.39 is 0 Å². The molecule has 20 heavy (non-hydrogen) atoms. The van der Waals surface area contributed by atoms with Gasteiger partial charge in [0.05, 0.1) is 6.61 Å². The first-order chi connectivity index (χ1) is 9.61. The fourth-order valence-corrected chi connectivity index (χ4v) is 1.73. The first-order valence-electron chi connectivity index (χ1n) is 7.28. The molecule has 1 aromatic carbocycles. The van der Waals surface area contributed by atoms with Gasteiger partial charge in [0, 0.05) is 19.6 Å². The fraction of sp³-hybridized carbons (Fsp3) is 0.562. The van der Waals surface area contributed by atoms with Crippen LogP contribution in [0, 0.1) is 6.92 Å². The van der Waals surface area contributed by atoms with Crippen LogP contribution in [0.4, 0.5) is 0 Å². The average Bonchev–Trinajstić information content (AvgIpc) is 2.42. The summed E-state index contributed by atoms with van der Waals surface area (Å²) in [6, 6.07) is 8.56. The summed E-state index contributed by atoms with van der Waals surface area (Å²) >= 11 is 0. The molecule has 0 heterocycles. The van der Waals surface area contributed by atoms with Crippen molar-refractivity contribution in [2.75, 3.05) is 20.2 Å². The number of ether oxygens (including phenoxy) is 1. The van der Waals surface area contributed by atoms with E-state index in [-0.39, 0.29) is 0 Å². The molecular weight excluding hydrogens is 250 g/mol. The van der Waals surface area contributed by atoms with Gasteiger partial charge in [-0.1, -0.05) is 17.7 Å². The van der Waals surface area contributed by atoms with Gasteiger partial charge in [-0.2, -0.15) is 0 Å². The van der Waals surface area contributed by atoms with Gasteiger partial charge in [-0.3, -0.25) is 4.99 Å². The number of benzene rings is 1. The molecule has 0 radical (unpaired) electrons. The van der Waals surface area contributed by atoms with Gasteiger partial charge >= 0.3 is 0 Å². The summed E-state index contributed by atoms with van der Waals surface area (Å²) < 4.78 is 5.69. The number of unbranched alkanes of at least 4 members (excludes halogenated alkanes) is 1. The van der Waals surface area contributed by atoms with E-state index in [1.165, 1.54) is 5.56 Å². The predicted molar refractivity (Wildman–Crippen MR) is 85.5 cm³/mol. The molecule has 0 saturated carbocycles. The monoisotopic (exact) mass is 277 g/mol. The zero-order chi connectivity index (χ0) is 14.8. The molecule has 0 fully saturated rings. The Morgan fingerprint density at radius 2 is 1.90 bits per heavy atom. The van der Waals surface area contributed by atoms with Crippen molar-refractivity contribution in [1.29, 1.82) is 0 Å². The maximum absolute atomic E-state index is 5.69. The van der Waals surface area contributed by atoms with Crippen LogP contribution in [0.5, 0.6) is 5.75 Å². The van der Waals surface area contributed by atoms with Crippen molar-refractivity contribution in [1.82, 2.24) is 10.6 Å². The van der Waals surface area contributed by atoms with E-state index in [0.29, 0.717) is 6.04 Å². The molecule has 0 aliphatic heterocycles. The molecular formula is C16H27N3O. The molecule has 0 amide bonds. The molecule has 112 valence electrons. The molecule has 0 saturated heterocycles. The second-order valence-corrected chi connectivity index (χ2v) is 5.17. The second-order valence-electron chi connectivity index (χ2n) is 5.17. The molecule has 0 aliphatic carbocycles. The third kappa shape index (κ3) is 7.02. The van der Waals surface area contributed by atoms with Gasteiger partial charge in [0.1, 0.15) is 5.75 Å². The van der Waals surface area contributed by atoms with Crippen LogP contribution in [0.3, 0.4) is 0 Å². The van der Waals surface area contributed by atoms with Crippen molar-refractivity contribution in [3.8, 4) is 5.75 Å². The van der Waals surface area contributed by atoms with Crippen molar-refractivity contribution in [3.63, 3.8) is 0 Å². The zero-order valence-electron chi connectivity index (χ0n) is 13.1. The Bertz CT molecular complexity index is 399. The van der Waals surface area contributed by atoms with E-state index >= 15 is 0 Å². The van der Waals surface area contributed by atoms with Crippen molar-refractivity contribution >= 4 is 5.96 Å². The molecule has 4 nitrogen and oxygen atoms in total. The number of aryl methyl sites for hydroxylation is 1. The van der Waals surface area contributed by atoms with Gasteiger partial charge in [-0.05, 0) is 45.7 Å². The van der Waals surface area contributed by atoms with E-state index in [9.17, 15) is 0 Å². The third-order valence-electron chi connectivity index (χ3n) is 2.80. The lowest BCUT2D eigenvalue weighted by atomic mass is 10.2. The van der Waals surface area contributed by atoms with Crippen LogP contribution < -0.4 is 15.4 Å². The first kappa shape index (κ1) is 16.3. The number of nitrogens with zero attached hydrogens (tertiary/aromatic N) is 1. The van der Waals surface area contributed by atoms with Gasteiger partial charge in [0.15, 0.2) is 5.96 Å². The molecule has 4 heteroatoms. The smallest absolute Gasteiger partial charge is 0.191 e. The summed E-state index contributed by atoms with van der Waals surface area (Å²) in [5.41, 5.74) is 1.26. The minimum atomic E-state index is 0.395. The molecule has 0 aliphatic rings. The molecule has 0 bridgehead atoms. The highest BCUT2D eigenvalue weighted by molar-refractivity contribution is 5.79. The predicted octanol–water partition coefficient (Wildman–Crippen LogP) is 2.73. The third-order valence-corrected chi connectivity index (χ3v) is 2.80. The molecule has 0 atom stereocenters. The number of rotatable bonds is 7. The molecule has 1 aromatic rings. The average molecular weight is 277 g/mol. The fourth-order valence-electron chi connectivity index (χ4n) is 1.73. The first-order valence-corrected chi connectivity index (χ1v) is 7.28. The summed E-state index contributed by atoms with van der Waals surface area (Å²) in [6.07, 6.45) is 2.09. The summed E-state index contributed by atoms with van der Waals surface area (Å²) in [5.74, 6) is 1.81. The number of guanidine groups is 1. The lowest BCUT2D eigenvalue weighted by Gasteiger charge is -2.14. The molecule has 0 aromatic heterocycles. The maximum atomic E-state index is 5.69. The Labute approximate surface area is 122 Å². The SMILES string of the molecule is CN=C(NCCCCOc1ccc(C)cc1)NC(C)C. The van der Waals surface area contributed by atoms with Crippen LogP contribution in [0.15, 0.2) is 29.3 Å². The van der Waals surface area contributed by atoms with Gasteiger partial charge in [-0.25, -0.2) is 0 Å². The highest BCUT2D eigenvalue weighted by atomic mass is 16.5. The standard InChI is InChI=1S/C16H27N3O/c1-13(2)19-16(17-4)18-11-5-6-12-20-15-9-7-14(3)8-10-15/h7-10,13H,5-6,11-12H2,1-4H3,(H2,17,18,19). The molecule has 0 unspecified atom stereocenters. The van der Waals surface area contributed by atoms with Crippen LogP contribution >= 0.6 is 0 Å². The zero-order valence-corrected chi connectivity index (χ0v) is 13.1. The van der Waals surface area contributed by atoms with E-state index in [1.54, 1.807) is 7.05 Å². The van der Waals surface area contributed by atoms with Crippen LogP contribution in [0.2, 0.25) is 0 Å². The second kappa shape index (κ2) is 9.23. The normalized spacial score (nSPS) is 11.6. The van der Waals surface area contributed by atoms with E-state index in [0.717, 1.165) is 37.7 Å². The molecule has 0 spiro atoms. The van der Waals surface area contributed by atoms with E-state index in [1.807, 2.05) is 12.1 Å². The summed E-state index contributed by atoms with van der Waals surface area (Å²) in [5, 5.41) is 6.55. The van der Waals surface area contributed by atoms with Gasteiger partial charge in [-0.15, -0.1) is 0 Å². The number of hydrogen-bond acceptors (Lipinski definition) is 2. The maximum Gasteiger partial charge on any atom is 0.191 e. The lowest BCUT2D eigenvalue weighted by molar-refractivity contribution is 0.307. The quantitative estimate of drug-likeness (QED) is 0.457. The van der Waals surface area contributed by atoms with Crippen LogP contribution in [0.1, 0.15) is 32.3 Å². The van der Waals surface area contributed by atoms with Crippen LogP contribution in [0.25, 0.3) is 0 Å². The highest BCUT2D eigenvalue weighted by Crippen LogP contribution is 2.11. The Kier molecular flexibility index (Phi) is 7.55. The minimum Gasteiger partial charge on any atom is -0.494 e. The minimum absolute atomic E-state index is 0.395. The van der Waals surface area contributed by atoms with Crippen LogP contribution in [-0.4, -0.2) is 32.2 Å². The van der Waals surface area contributed by atoms with Gasteiger partial charge in [0.2, 0.25) is 0 Å². The Balaban J connectivity index is 2.09.